The quantitative estimate of drug-likeness (QED) is 0.802. The molecule has 0 saturated heterocycles. The van der Waals surface area contributed by atoms with E-state index in [-0.39, 0.29) is 20.8 Å². The molecular formula is C13H6Cl3N3O3S. The van der Waals surface area contributed by atoms with E-state index >= 15 is 0 Å². The molecule has 1 N–H and O–H groups in total. The van der Waals surface area contributed by atoms with Crippen LogP contribution in [0, 0.1) is 11.3 Å². The Balaban J connectivity index is 1.98. The highest BCUT2D eigenvalue weighted by Crippen LogP contribution is 2.31. The summed E-state index contributed by atoms with van der Waals surface area (Å²) in [5.74, 6) is -1.52. The Kier molecular flexibility index (Phi) is 5.80. The second-order valence-corrected chi connectivity index (χ2v) is 6.06. The molecule has 2 rings (SSSR count). The second-order valence-electron chi connectivity index (χ2n) is 3.98. The fourth-order valence-electron chi connectivity index (χ4n) is 1.44. The predicted octanol–water partition coefficient (Wildman–Crippen LogP) is 3.77. The number of nitriles is 1. The Hall–Kier alpha value is -1.85. The van der Waals surface area contributed by atoms with Gasteiger partial charge in [-0.05, 0) is 11.4 Å². The van der Waals surface area contributed by atoms with E-state index in [1.165, 1.54) is 11.3 Å². The van der Waals surface area contributed by atoms with Gasteiger partial charge in [0.15, 0.2) is 12.3 Å². The summed E-state index contributed by atoms with van der Waals surface area (Å²) in [6.07, 6.45) is 1.15. The molecule has 0 aliphatic carbocycles. The van der Waals surface area contributed by atoms with E-state index in [0.717, 1.165) is 6.20 Å². The molecule has 0 aliphatic rings. The van der Waals surface area contributed by atoms with E-state index in [0.29, 0.717) is 10.6 Å². The van der Waals surface area contributed by atoms with E-state index in [1.807, 2.05) is 6.07 Å². The van der Waals surface area contributed by atoms with Crippen LogP contribution in [0.25, 0.3) is 0 Å². The number of pyridine rings is 1. The molecule has 10 heteroatoms. The van der Waals surface area contributed by atoms with Crippen LogP contribution in [0.3, 0.4) is 0 Å². The number of nitrogens with zero attached hydrogens (tertiary/aromatic N) is 2. The van der Waals surface area contributed by atoms with Crippen LogP contribution < -0.4 is 5.32 Å². The number of anilines is 1. The van der Waals surface area contributed by atoms with Crippen LogP contribution in [0.4, 0.5) is 5.00 Å². The normalized spacial score (nSPS) is 10.0. The number of hydrogen-bond donors (Lipinski definition) is 1. The Labute approximate surface area is 149 Å². The van der Waals surface area contributed by atoms with Crippen LogP contribution in [0.5, 0.6) is 0 Å². The molecule has 2 aromatic rings. The molecule has 0 atom stereocenters. The first-order valence-electron chi connectivity index (χ1n) is 5.88. The fourth-order valence-corrected chi connectivity index (χ4v) is 2.75. The number of thiophene rings is 1. The molecule has 0 unspecified atom stereocenters. The van der Waals surface area contributed by atoms with Crippen LogP contribution in [-0.4, -0.2) is 23.5 Å². The second kappa shape index (κ2) is 7.62. The molecule has 23 heavy (non-hydrogen) atoms. The van der Waals surface area contributed by atoms with Gasteiger partial charge in [0, 0.05) is 6.20 Å². The SMILES string of the molecule is N#Cc1ccsc1NC(=O)COC(=O)c1ncc(Cl)c(Cl)c1Cl. The summed E-state index contributed by atoms with van der Waals surface area (Å²) in [5.41, 5.74) is 0.0755. The zero-order chi connectivity index (χ0) is 17.0. The van der Waals surface area contributed by atoms with Crippen molar-refractivity contribution in [3.05, 3.63) is 44.0 Å². The lowest BCUT2D eigenvalue weighted by Crippen LogP contribution is -2.21. The van der Waals surface area contributed by atoms with Crippen LogP contribution in [0.2, 0.25) is 15.1 Å². The predicted molar refractivity (Wildman–Crippen MR) is 87.2 cm³/mol. The lowest BCUT2D eigenvalue weighted by Gasteiger charge is -2.07. The van der Waals surface area contributed by atoms with Gasteiger partial charge in [0.05, 0.1) is 20.6 Å². The van der Waals surface area contributed by atoms with E-state index < -0.39 is 18.5 Å². The number of halogens is 3. The molecule has 0 saturated carbocycles. The summed E-state index contributed by atoms with van der Waals surface area (Å²) < 4.78 is 4.81. The molecule has 0 aromatic carbocycles. The minimum Gasteiger partial charge on any atom is -0.451 e. The van der Waals surface area contributed by atoms with Crippen molar-refractivity contribution in [2.24, 2.45) is 0 Å². The standard InChI is InChI=1S/C13H6Cl3N3O3S/c14-7-4-18-11(10(16)9(7)15)13(21)22-5-8(20)19-12-6(3-17)1-2-23-12/h1-2,4H,5H2,(H,19,20). The molecule has 0 aliphatic heterocycles. The van der Waals surface area contributed by atoms with E-state index in [2.05, 4.69) is 10.3 Å². The zero-order valence-corrected chi connectivity index (χ0v) is 14.2. The summed E-state index contributed by atoms with van der Waals surface area (Å²) in [6.45, 7) is -0.570. The highest BCUT2D eigenvalue weighted by Gasteiger charge is 2.19. The number of amides is 1. The van der Waals surface area contributed by atoms with Gasteiger partial charge in [0.1, 0.15) is 11.1 Å². The van der Waals surface area contributed by atoms with Gasteiger partial charge < -0.3 is 10.1 Å². The number of carbonyl (C=O) groups excluding carboxylic acids is 2. The molecule has 0 fully saturated rings. The maximum Gasteiger partial charge on any atom is 0.359 e. The molecule has 118 valence electrons. The van der Waals surface area contributed by atoms with Gasteiger partial charge in [0.25, 0.3) is 5.91 Å². The minimum absolute atomic E-state index is 0.0306. The van der Waals surface area contributed by atoms with E-state index in [9.17, 15) is 9.59 Å². The molecule has 2 heterocycles. The highest BCUT2D eigenvalue weighted by molar-refractivity contribution is 7.14. The van der Waals surface area contributed by atoms with E-state index in [4.69, 9.17) is 44.8 Å². The van der Waals surface area contributed by atoms with Crippen molar-refractivity contribution in [1.29, 1.82) is 5.26 Å². The average molecular weight is 391 g/mol. The van der Waals surface area contributed by atoms with Gasteiger partial charge in [-0.3, -0.25) is 4.79 Å². The fraction of sp³-hybridized carbons (Fsp3) is 0.0769. The van der Waals surface area contributed by atoms with Gasteiger partial charge in [-0.2, -0.15) is 5.26 Å². The summed E-state index contributed by atoms with van der Waals surface area (Å²) in [4.78, 5) is 27.3. The van der Waals surface area contributed by atoms with Crippen molar-refractivity contribution in [3.8, 4) is 6.07 Å². The van der Waals surface area contributed by atoms with Crippen LogP contribution >= 0.6 is 46.1 Å². The molecule has 1 amide bonds. The summed E-state index contributed by atoms with van der Waals surface area (Å²) in [6, 6.07) is 3.49. The Morgan fingerprint density at radius 3 is 2.78 bits per heavy atom. The third-order valence-electron chi connectivity index (χ3n) is 2.48. The lowest BCUT2D eigenvalue weighted by molar-refractivity contribution is -0.119. The van der Waals surface area contributed by atoms with Crippen LogP contribution in [-0.2, 0) is 9.53 Å². The summed E-state index contributed by atoms with van der Waals surface area (Å²) >= 11 is 18.5. The van der Waals surface area contributed by atoms with Crippen molar-refractivity contribution in [2.45, 2.75) is 0 Å². The van der Waals surface area contributed by atoms with Gasteiger partial charge >= 0.3 is 5.97 Å². The smallest absolute Gasteiger partial charge is 0.359 e. The Morgan fingerprint density at radius 2 is 2.09 bits per heavy atom. The largest absolute Gasteiger partial charge is 0.451 e. The number of rotatable bonds is 4. The molecule has 2 aromatic heterocycles. The average Bonchev–Trinajstić information content (AvgIpc) is 2.97. The number of hydrogen-bond acceptors (Lipinski definition) is 6. The van der Waals surface area contributed by atoms with Crippen LogP contribution in [0.1, 0.15) is 16.1 Å². The van der Waals surface area contributed by atoms with Crippen molar-refractivity contribution in [3.63, 3.8) is 0 Å². The van der Waals surface area contributed by atoms with Gasteiger partial charge in [-0.1, -0.05) is 34.8 Å². The maximum atomic E-state index is 11.9. The number of aromatic nitrogens is 1. The first-order chi connectivity index (χ1) is 10.9. The van der Waals surface area contributed by atoms with Crippen molar-refractivity contribution in [1.82, 2.24) is 4.98 Å². The molecule has 0 bridgehead atoms. The number of ether oxygens (including phenoxy) is 1. The van der Waals surface area contributed by atoms with Crippen molar-refractivity contribution < 1.29 is 14.3 Å². The Bertz CT molecular complexity index is 817. The molecule has 0 radical (unpaired) electrons. The lowest BCUT2D eigenvalue weighted by atomic mass is 10.3. The Morgan fingerprint density at radius 1 is 1.35 bits per heavy atom. The minimum atomic E-state index is -0.921. The first-order valence-corrected chi connectivity index (χ1v) is 7.89. The molecule has 0 spiro atoms. The van der Waals surface area contributed by atoms with Crippen LogP contribution in [0.15, 0.2) is 17.6 Å². The summed E-state index contributed by atoms with van der Waals surface area (Å²) in [5, 5.41) is 13.2. The summed E-state index contributed by atoms with van der Waals surface area (Å²) in [7, 11) is 0. The number of esters is 1. The van der Waals surface area contributed by atoms with E-state index in [1.54, 1.807) is 11.4 Å². The number of carbonyl (C=O) groups is 2. The highest BCUT2D eigenvalue weighted by atomic mass is 35.5. The molecule has 6 nitrogen and oxygen atoms in total. The molecular weight excluding hydrogens is 385 g/mol. The zero-order valence-electron chi connectivity index (χ0n) is 11.1. The number of nitrogens with one attached hydrogen (secondary N) is 1. The van der Waals surface area contributed by atoms with Gasteiger partial charge in [-0.25, -0.2) is 9.78 Å². The van der Waals surface area contributed by atoms with Crippen molar-refractivity contribution >= 4 is 63.0 Å². The van der Waals surface area contributed by atoms with Gasteiger partial charge in [-0.15, -0.1) is 11.3 Å². The maximum absolute atomic E-state index is 11.9. The third-order valence-corrected chi connectivity index (χ3v) is 4.55. The van der Waals surface area contributed by atoms with Gasteiger partial charge in [0.2, 0.25) is 0 Å². The third kappa shape index (κ3) is 4.12. The first kappa shape index (κ1) is 17.5. The monoisotopic (exact) mass is 389 g/mol. The van der Waals surface area contributed by atoms with Crippen molar-refractivity contribution in [2.75, 3.05) is 11.9 Å². The topological polar surface area (TPSA) is 92.1 Å².